The molecule has 1 heterocycles. The summed E-state index contributed by atoms with van der Waals surface area (Å²) in [6.07, 6.45) is -3.95. The number of hydrogen-bond acceptors (Lipinski definition) is 7. The first-order chi connectivity index (χ1) is 12.1. The molecule has 2 aromatic rings. The number of carbonyl (C=O) groups excluding carboxylic acids is 2. The van der Waals surface area contributed by atoms with Gasteiger partial charge in [0.15, 0.2) is 0 Å². The van der Waals surface area contributed by atoms with E-state index < -0.39 is 29.4 Å². The molecule has 0 radical (unpaired) electrons. The van der Waals surface area contributed by atoms with Crippen LogP contribution in [0.15, 0.2) is 30.5 Å². The Labute approximate surface area is 146 Å². The average Bonchev–Trinajstić information content (AvgIpc) is 2.59. The van der Waals surface area contributed by atoms with E-state index in [-0.39, 0.29) is 11.5 Å². The molecule has 0 bridgehead atoms. The molecule has 0 aliphatic carbocycles. The van der Waals surface area contributed by atoms with Gasteiger partial charge in [0.25, 0.3) is 5.91 Å². The van der Waals surface area contributed by atoms with E-state index in [0.29, 0.717) is 16.9 Å². The molecule has 0 saturated carbocycles. The largest absolute Gasteiger partial charge is 0.421 e. The summed E-state index contributed by atoms with van der Waals surface area (Å²) in [4.78, 5) is 30.6. The van der Waals surface area contributed by atoms with Gasteiger partial charge in [0.2, 0.25) is 11.9 Å². The smallest absolute Gasteiger partial charge is 0.372 e. The number of rotatable bonds is 4. The first-order valence-corrected chi connectivity index (χ1v) is 7.22. The third-order valence-electron chi connectivity index (χ3n) is 3.25. The molecule has 8 nitrogen and oxygen atoms in total. The fourth-order valence-electron chi connectivity index (χ4n) is 1.98. The summed E-state index contributed by atoms with van der Waals surface area (Å²) in [5.74, 6) is 3.49. The maximum absolute atomic E-state index is 12.9. The number of halogens is 3. The van der Waals surface area contributed by atoms with Crippen molar-refractivity contribution in [3.05, 3.63) is 41.6 Å². The van der Waals surface area contributed by atoms with E-state index in [1.807, 2.05) is 0 Å². The van der Waals surface area contributed by atoms with E-state index in [9.17, 15) is 22.8 Å². The SMILES string of the molecule is CNc1nc(Nc2cccc(C(=O)N(N)C(C)=O)c2)ncc1C(F)(F)F. The second-order valence-electron chi connectivity index (χ2n) is 5.10. The number of nitrogens with two attached hydrogens (primary N) is 1. The van der Waals surface area contributed by atoms with Gasteiger partial charge in [-0.15, -0.1) is 0 Å². The van der Waals surface area contributed by atoms with Gasteiger partial charge in [-0.3, -0.25) is 9.59 Å². The Bertz CT molecular complexity index is 840. The van der Waals surface area contributed by atoms with Crippen LogP contribution in [0, 0.1) is 0 Å². The minimum absolute atomic E-state index is 0.105. The fourth-order valence-corrected chi connectivity index (χ4v) is 1.98. The molecule has 1 aromatic carbocycles. The number of imide groups is 1. The second-order valence-corrected chi connectivity index (χ2v) is 5.10. The van der Waals surface area contributed by atoms with Gasteiger partial charge in [0, 0.05) is 31.4 Å². The number of alkyl halides is 3. The maximum atomic E-state index is 12.9. The van der Waals surface area contributed by atoms with Crippen LogP contribution in [-0.2, 0) is 11.0 Å². The van der Waals surface area contributed by atoms with Gasteiger partial charge < -0.3 is 10.6 Å². The van der Waals surface area contributed by atoms with Gasteiger partial charge >= 0.3 is 6.18 Å². The number of benzene rings is 1. The normalized spacial score (nSPS) is 11.0. The highest BCUT2D eigenvalue weighted by atomic mass is 19.4. The zero-order valence-electron chi connectivity index (χ0n) is 13.8. The summed E-state index contributed by atoms with van der Waals surface area (Å²) in [5, 5.41) is 5.51. The second kappa shape index (κ2) is 7.35. The molecule has 0 unspecified atom stereocenters. The molecule has 26 heavy (non-hydrogen) atoms. The predicted molar refractivity (Wildman–Crippen MR) is 87.3 cm³/mol. The van der Waals surface area contributed by atoms with Crippen molar-refractivity contribution in [1.29, 1.82) is 0 Å². The molecule has 11 heteroatoms. The lowest BCUT2D eigenvalue weighted by molar-refractivity contribution is -0.137. The molecular weight excluding hydrogens is 353 g/mol. The number of nitrogens with one attached hydrogen (secondary N) is 2. The quantitative estimate of drug-likeness (QED) is 0.430. The molecule has 1 aromatic heterocycles. The van der Waals surface area contributed by atoms with Crippen molar-refractivity contribution in [3.63, 3.8) is 0 Å². The van der Waals surface area contributed by atoms with Crippen LogP contribution in [0.25, 0.3) is 0 Å². The lowest BCUT2D eigenvalue weighted by Gasteiger charge is -2.14. The number of aromatic nitrogens is 2. The number of hydrazine groups is 1. The average molecular weight is 368 g/mol. The monoisotopic (exact) mass is 368 g/mol. The number of amides is 2. The Morgan fingerprint density at radius 3 is 2.54 bits per heavy atom. The highest BCUT2D eigenvalue weighted by molar-refractivity contribution is 6.03. The highest BCUT2D eigenvalue weighted by Gasteiger charge is 2.35. The summed E-state index contributed by atoms with van der Waals surface area (Å²) in [5.41, 5.74) is -0.572. The Morgan fingerprint density at radius 2 is 1.96 bits per heavy atom. The summed E-state index contributed by atoms with van der Waals surface area (Å²) < 4.78 is 38.6. The van der Waals surface area contributed by atoms with Crippen molar-refractivity contribution in [2.24, 2.45) is 5.84 Å². The van der Waals surface area contributed by atoms with E-state index in [2.05, 4.69) is 20.6 Å². The molecule has 0 aliphatic rings. The zero-order chi connectivity index (χ0) is 19.5. The zero-order valence-corrected chi connectivity index (χ0v) is 13.8. The van der Waals surface area contributed by atoms with Crippen molar-refractivity contribution >= 4 is 29.3 Å². The van der Waals surface area contributed by atoms with Gasteiger partial charge in [-0.25, -0.2) is 15.8 Å². The van der Waals surface area contributed by atoms with Gasteiger partial charge in [-0.1, -0.05) is 6.07 Å². The van der Waals surface area contributed by atoms with E-state index >= 15 is 0 Å². The van der Waals surface area contributed by atoms with Crippen molar-refractivity contribution in [3.8, 4) is 0 Å². The third kappa shape index (κ3) is 4.25. The Morgan fingerprint density at radius 1 is 1.27 bits per heavy atom. The minimum atomic E-state index is -4.60. The molecule has 0 aliphatic heterocycles. The summed E-state index contributed by atoms with van der Waals surface area (Å²) >= 11 is 0. The Balaban J connectivity index is 2.28. The first kappa shape index (κ1) is 19.1. The van der Waals surface area contributed by atoms with Crippen LogP contribution in [0.3, 0.4) is 0 Å². The molecule has 0 atom stereocenters. The van der Waals surface area contributed by atoms with Crippen molar-refractivity contribution in [2.75, 3.05) is 17.7 Å². The van der Waals surface area contributed by atoms with Crippen LogP contribution < -0.4 is 16.5 Å². The Kier molecular flexibility index (Phi) is 5.41. The first-order valence-electron chi connectivity index (χ1n) is 7.22. The fraction of sp³-hybridized carbons (Fsp3) is 0.200. The maximum Gasteiger partial charge on any atom is 0.421 e. The van der Waals surface area contributed by atoms with Gasteiger partial charge in [-0.2, -0.15) is 18.2 Å². The van der Waals surface area contributed by atoms with Gasteiger partial charge in [0.05, 0.1) is 0 Å². The van der Waals surface area contributed by atoms with Crippen LogP contribution >= 0.6 is 0 Å². The molecule has 138 valence electrons. The third-order valence-corrected chi connectivity index (χ3v) is 3.25. The van der Waals surface area contributed by atoms with E-state index in [0.717, 1.165) is 6.92 Å². The number of nitrogens with zero attached hydrogens (tertiary/aromatic N) is 3. The lowest BCUT2D eigenvalue weighted by atomic mass is 10.2. The standard InChI is InChI=1S/C15H15F3N6O2/c1-8(25)24(19)13(26)9-4-3-5-10(6-9)22-14-21-7-11(15(16,17)18)12(20-2)23-14/h3-7H,19H2,1-2H3,(H2,20,21,22,23). The summed E-state index contributed by atoms with van der Waals surface area (Å²) in [6, 6.07) is 5.85. The molecule has 0 spiro atoms. The molecule has 2 rings (SSSR count). The highest BCUT2D eigenvalue weighted by Crippen LogP contribution is 2.33. The molecular formula is C15H15F3N6O2. The predicted octanol–water partition coefficient (Wildman–Crippen LogP) is 2.14. The lowest BCUT2D eigenvalue weighted by Crippen LogP contribution is -2.41. The topological polar surface area (TPSA) is 113 Å². The van der Waals surface area contributed by atoms with E-state index in [1.54, 1.807) is 6.07 Å². The van der Waals surface area contributed by atoms with Gasteiger partial charge in [-0.05, 0) is 18.2 Å². The minimum Gasteiger partial charge on any atom is -0.372 e. The molecule has 2 amide bonds. The van der Waals surface area contributed by atoms with E-state index in [4.69, 9.17) is 5.84 Å². The summed E-state index contributed by atoms with van der Waals surface area (Å²) in [7, 11) is 1.30. The van der Waals surface area contributed by atoms with Crippen molar-refractivity contribution < 1.29 is 22.8 Å². The Hall–Kier alpha value is -3.21. The molecule has 0 saturated heterocycles. The summed E-state index contributed by atoms with van der Waals surface area (Å²) in [6.45, 7) is 1.13. The van der Waals surface area contributed by atoms with Crippen LogP contribution in [0.5, 0.6) is 0 Å². The van der Waals surface area contributed by atoms with E-state index in [1.165, 1.54) is 25.2 Å². The van der Waals surface area contributed by atoms with Crippen LogP contribution in [-0.4, -0.2) is 33.8 Å². The van der Waals surface area contributed by atoms with Crippen molar-refractivity contribution in [1.82, 2.24) is 15.0 Å². The van der Waals surface area contributed by atoms with Gasteiger partial charge in [0.1, 0.15) is 11.4 Å². The number of anilines is 3. The molecule has 4 N–H and O–H groups in total. The van der Waals surface area contributed by atoms with Crippen LogP contribution in [0.4, 0.5) is 30.6 Å². The number of hydrogen-bond donors (Lipinski definition) is 3. The van der Waals surface area contributed by atoms with Crippen LogP contribution in [0.2, 0.25) is 0 Å². The van der Waals surface area contributed by atoms with Crippen molar-refractivity contribution in [2.45, 2.75) is 13.1 Å². The van der Waals surface area contributed by atoms with Crippen LogP contribution in [0.1, 0.15) is 22.8 Å². The molecule has 0 fully saturated rings. The number of carbonyl (C=O) groups is 2.